The van der Waals surface area contributed by atoms with Crippen molar-refractivity contribution in [3.05, 3.63) is 29.3 Å². The Morgan fingerprint density at radius 3 is 2.73 bits per heavy atom. The molecule has 84 valence electrons. The van der Waals surface area contributed by atoms with Crippen molar-refractivity contribution in [2.45, 2.75) is 19.4 Å². The summed E-state index contributed by atoms with van der Waals surface area (Å²) in [5.41, 5.74) is 2.47. The van der Waals surface area contributed by atoms with E-state index in [2.05, 4.69) is 37.0 Å². The number of benzene rings is 1. The third-order valence-electron chi connectivity index (χ3n) is 2.53. The van der Waals surface area contributed by atoms with Crippen LogP contribution >= 0.6 is 12.6 Å². The molecule has 0 heterocycles. The van der Waals surface area contributed by atoms with E-state index in [4.69, 9.17) is 4.74 Å². The first-order valence-electron chi connectivity index (χ1n) is 5.15. The average Bonchev–Trinajstić information content (AvgIpc) is 2.26. The maximum atomic E-state index is 5.36. The van der Waals surface area contributed by atoms with Crippen molar-refractivity contribution in [2.75, 3.05) is 19.9 Å². The normalized spacial score (nSPS) is 12.5. The SMILES string of the molecule is CNC(CCS)c1cc(C)ccc1OC. The highest BCUT2D eigenvalue weighted by atomic mass is 32.1. The second kappa shape index (κ2) is 6.03. The molecule has 1 rings (SSSR count). The summed E-state index contributed by atoms with van der Waals surface area (Å²) in [6.07, 6.45) is 0.999. The first-order chi connectivity index (χ1) is 7.22. The van der Waals surface area contributed by atoms with Crippen molar-refractivity contribution < 1.29 is 4.74 Å². The number of hydrogen-bond acceptors (Lipinski definition) is 3. The van der Waals surface area contributed by atoms with Crippen molar-refractivity contribution in [3.63, 3.8) is 0 Å². The number of rotatable bonds is 5. The van der Waals surface area contributed by atoms with Crippen LogP contribution < -0.4 is 10.1 Å². The predicted molar refractivity (Wildman–Crippen MR) is 68.0 cm³/mol. The molecule has 0 aliphatic heterocycles. The third-order valence-corrected chi connectivity index (χ3v) is 2.79. The minimum atomic E-state index is 0.317. The van der Waals surface area contributed by atoms with Gasteiger partial charge in [-0.1, -0.05) is 17.7 Å². The zero-order valence-corrected chi connectivity index (χ0v) is 10.5. The molecule has 1 aromatic rings. The van der Waals surface area contributed by atoms with Crippen molar-refractivity contribution in [1.29, 1.82) is 0 Å². The van der Waals surface area contributed by atoms with Gasteiger partial charge in [0.2, 0.25) is 0 Å². The van der Waals surface area contributed by atoms with E-state index in [1.165, 1.54) is 11.1 Å². The highest BCUT2D eigenvalue weighted by molar-refractivity contribution is 7.80. The molecule has 1 unspecified atom stereocenters. The van der Waals surface area contributed by atoms with Gasteiger partial charge in [-0.05, 0) is 32.2 Å². The van der Waals surface area contributed by atoms with Gasteiger partial charge in [-0.2, -0.15) is 12.6 Å². The van der Waals surface area contributed by atoms with E-state index in [1.54, 1.807) is 7.11 Å². The van der Waals surface area contributed by atoms with Crippen molar-refractivity contribution in [2.24, 2.45) is 0 Å². The van der Waals surface area contributed by atoms with Gasteiger partial charge in [0.25, 0.3) is 0 Å². The minimum Gasteiger partial charge on any atom is -0.496 e. The summed E-state index contributed by atoms with van der Waals surface area (Å²) in [5.74, 6) is 1.81. The lowest BCUT2D eigenvalue weighted by Gasteiger charge is -2.19. The van der Waals surface area contributed by atoms with Crippen LogP contribution in [0, 0.1) is 6.92 Å². The molecule has 0 bridgehead atoms. The summed E-state index contributed by atoms with van der Waals surface area (Å²) >= 11 is 4.27. The minimum absolute atomic E-state index is 0.317. The first kappa shape index (κ1) is 12.4. The third kappa shape index (κ3) is 3.14. The van der Waals surface area contributed by atoms with Gasteiger partial charge in [-0.3, -0.25) is 0 Å². The molecule has 1 aromatic carbocycles. The second-order valence-corrected chi connectivity index (χ2v) is 4.05. The molecule has 15 heavy (non-hydrogen) atoms. The molecule has 0 saturated heterocycles. The summed E-state index contributed by atoms with van der Waals surface area (Å²) in [6.45, 7) is 2.09. The lowest BCUT2D eigenvalue weighted by molar-refractivity contribution is 0.400. The van der Waals surface area contributed by atoms with Gasteiger partial charge in [0.05, 0.1) is 7.11 Å². The van der Waals surface area contributed by atoms with Crippen LogP contribution in [0.4, 0.5) is 0 Å². The lowest BCUT2D eigenvalue weighted by Crippen LogP contribution is -2.17. The fourth-order valence-corrected chi connectivity index (χ4v) is 1.97. The second-order valence-electron chi connectivity index (χ2n) is 3.60. The molecule has 0 aliphatic carbocycles. The van der Waals surface area contributed by atoms with E-state index in [0.29, 0.717) is 6.04 Å². The van der Waals surface area contributed by atoms with Crippen LogP contribution in [-0.2, 0) is 0 Å². The Labute approximate surface area is 97.4 Å². The van der Waals surface area contributed by atoms with Crippen molar-refractivity contribution in [1.82, 2.24) is 5.32 Å². The van der Waals surface area contributed by atoms with Crippen LogP contribution in [0.2, 0.25) is 0 Å². The van der Waals surface area contributed by atoms with Crippen LogP contribution in [0.5, 0.6) is 5.75 Å². The molecule has 0 fully saturated rings. The Bertz CT molecular complexity index is 314. The van der Waals surface area contributed by atoms with Crippen LogP contribution in [0.1, 0.15) is 23.6 Å². The zero-order chi connectivity index (χ0) is 11.3. The van der Waals surface area contributed by atoms with Crippen LogP contribution in [0.25, 0.3) is 0 Å². The number of methoxy groups -OCH3 is 1. The average molecular weight is 225 g/mol. The fourth-order valence-electron chi connectivity index (χ4n) is 1.71. The van der Waals surface area contributed by atoms with Crippen LogP contribution in [-0.4, -0.2) is 19.9 Å². The summed E-state index contributed by atoms with van der Waals surface area (Å²) in [7, 11) is 3.68. The molecule has 0 amide bonds. The summed E-state index contributed by atoms with van der Waals surface area (Å²) < 4.78 is 5.36. The summed E-state index contributed by atoms with van der Waals surface area (Å²) in [4.78, 5) is 0. The van der Waals surface area contributed by atoms with E-state index < -0.39 is 0 Å². The number of thiol groups is 1. The highest BCUT2D eigenvalue weighted by Crippen LogP contribution is 2.28. The molecule has 1 N–H and O–H groups in total. The van der Waals surface area contributed by atoms with Gasteiger partial charge in [-0.15, -0.1) is 0 Å². The Kier molecular flexibility index (Phi) is 4.99. The molecule has 0 aromatic heterocycles. The largest absolute Gasteiger partial charge is 0.496 e. The van der Waals surface area contributed by atoms with Gasteiger partial charge in [0, 0.05) is 11.6 Å². The predicted octanol–water partition coefficient (Wildman–Crippen LogP) is 2.58. The van der Waals surface area contributed by atoms with Crippen molar-refractivity contribution >= 4 is 12.6 Å². The quantitative estimate of drug-likeness (QED) is 0.752. The Balaban J connectivity index is 3.02. The summed E-state index contributed by atoms with van der Waals surface area (Å²) in [5, 5.41) is 3.29. The van der Waals surface area contributed by atoms with Gasteiger partial charge >= 0.3 is 0 Å². The smallest absolute Gasteiger partial charge is 0.123 e. The van der Waals surface area contributed by atoms with Gasteiger partial charge < -0.3 is 10.1 Å². The molecule has 0 spiro atoms. The number of aryl methyl sites for hydroxylation is 1. The van der Waals surface area contributed by atoms with E-state index >= 15 is 0 Å². The van der Waals surface area contributed by atoms with E-state index in [1.807, 2.05) is 13.1 Å². The maximum absolute atomic E-state index is 5.36. The first-order valence-corrected chi connectivity index (χ1v) is 5.78. The molecule has 0 aliphatic rings. The van der Waals surface area contributed by atoms with Crippen LogP contribution in [0.3, 0.4) is 0 Å². The molecule has 0 saturated carbocycles. The molecule has 2 nitrogen and oxygen atoms in total. The fraction of sp³-hybridized carbons (Fsp3) is 0.500. The Hall–Kier alpha value is -0.670. The van der Waals surface area contributed by atoms with E-state index in [9.17, 15) is 0 Å². The molecule has 1 atom stereocenters. The number of ether oxygens (including phenoxy) is 1. The maximum Gasteiger partial charge on any atom is 0.123 e. The van der Waals surface area contributed by atoms with Gasteiger partial charge in [0.1, 0.15) is 5.75 Å². The number of hydrogen-bond donors (Lipinski definition) is 2. The molecule has 3 heteroatoms. The van der Waals surface area contributed by atoms with Gasteiger partial charge in [0.15, 0.2) is 0 Å². The molecule has 0 radical (unpaired) electrons. The van der Waals surface area contributed by atoms with Crippen LogP contribution in [0.15, 0.2) is 18.2 Å². The summed E-state index contributed by atoms with van der Waals surface area (Å²) in [6, 6.07) is 6.57. The standard InChI is InChI=1S/C12H19NOS/c1-9-4-5-12(14-3)10(8-9)11(13-2)6-7-15/h4-5,8,11,13,15H,6-7H2,1-3H3. The van der Waals surface area contributed by atoms with E-state index in [-0.39, 0.29) is 0 Å². The lowest BCUT2D eigenvalue weighted by atomic mass is 10.0. The van der Waals surface area contributed by atoms with Crippen molar-refractivity contribution in [3.8, 4) is 5.75 Å². The zero-order valence-electron chi connectivity index (χ0n) is 9.58. The number of nitrogens with one attached hydrogen (secondary N) is 1. The van der Waals surface area contributed by atoms with Gasteiger partial charge in [-0.25, -0.2) is 0 Å². The Morgan fingerprint density at radius 1 is 1.47 bits per heavy atom. The highest BCUT2D eigenvalue weighted by Gasteiger charge is 2.13. The monoisotopic (exact) mass is 225 g/mol. The Morgan fingerprint density at radius 2 is 2.20 bits per heavy atom. The topological polar surface area (TPSA) is 21.3 Å². The molecular formula is C12H19NOS. The van der Waals surface area contributed by atoms with E-state index in [0.717, 1.165) is 17.9 Å². The molecular weight excluding hydrogens is 206 g/mol.